The molecule has 0 fully saturated rings. The van der Waals surface area contributed by atoms with Crippen LogP contribution < -0.4 is 29.6 Å². The zero-order chi connectivity index (χ0) is 35.2. The molecular weight excluding hydrogens is 764 g/mol. The van der Waals surface area contributed by atoms with E-state index in [-0.39, 0.29) is 52.2 Å². The van der Waals surface area contributed by atoms with E-state index in [2.05, 4.69) is 19.9 Å². The van der Waals surface area contributed by atoms with E-state index in [1.807, 2.05) is 10.5 Å². The molecule has 10 nitrogen and oxygen atoms in total. The van der Waals surface area contributed by atoms with Gasteiger partial charge in [0.25, 0.3) is 0 Å². The van der Waals surface area contributed by atoms with Gasteiger partial charge in [-0.15, -0.1) is 11.6 Å². The Morgan fingerprint density at radius 1 is 0.740 bits per heavy atom. The predicted octanol–water partition coefficient (Wildman–Crippen LogP) is 4.44. The van der Waals surface area contributed by atoms with E-state index in [0.717, 1.165) is 23.5 Å². The van der Waals surface area contributed by atoms with Crippen molar-refractivity contribution in [2.45, 2.75) is 11.6 Å². The number of fused-ring (bicyclic) bond motifs is 10. The van der Waals surface area contributed by atoms with Gasteiger partial charge in [0.15, 0.2) is 9.84 Å². The van der Waals surface area contributed by atoms with E-state index in [1.165, 1.54) is 12.1 Å². The first kappa shape index (κ1) is 38.2. The standard InChI is InChI=1S/C16H11ClFN3O2S.C15H8Cl2FN3.CH4O2S.Na/c1-24(22,23)8-15-19-11-5-6-14(17)20-16(11)13-7-9-10(18)3-2-4-12(9)21(13)15;16-7-14-19-10-4-5-13(17)20-15(10)12-6-8-9(18)2-1-3-11(8)21(12)14;1-4(2)3;/h2-7H,8H2,1H3;1-6H,7H2;1H3,(H,2,3);/q;;;+1/p-1. The van der Waals surface area contributed by atoms with Crippen molar-refractivity contribution in [1.29, 1.82) is 0 Å². The maximum Gasteiger partial charge on any atom is 1.00 e. The molecule has 1 unspecified atom stereocenters. The number of nitrogens with zero attached hydrogens (tertiary/aromatic N) is 6. The van der Waals surface area contributed by atoms with E-state index < -0.39 is 26.7 Å². The quantitative estimate of drug-likeness (QED) is 0.111. The second kappa shape index (κ2) is 15.3. The van der Waals surface area contributed by atoms with Crippen molar-refractivity contribution in [3.8, 4) is 0 Å². The third-order valence-electron chi connectivity index (χ3n) is 7.28. The van der Waals surface area contributed by atoms with E-state index in [0.29, 0.717) is 60.7 Å². The van der Waals surface area contributed by atoms with Crippen molar-refractivity contribution >= 4 is 111 Å². The molecule has 2 aromatic carbocycles. The number of hydrogen-bond acceptors (Lipinski definition) is 8. The Morgan fingerprint density at radius 2 is 1.16 bits per heavy atom. The molecule has 8 rings (SSSR count). The van der Waals surface area contributed by atoms with Gasteiger partial charge in [-0.25, -0.2) is 37.1 Å². The van der Waals surface area contributed by atoms with Crippen LogP contribution in [0.5, 0.6) is 0 Å². The van der Waals surface area contributed by atoms with Crippen LogP contribution in [-0.2, 0) is 32.6 Å². The Hall–Kier alpha value is -3.05. The molecule has 8 aromatic rings. The fourth-order valence-corrected chi connectivity index (χ4v) is 6.64. The van der Waals surface area contributed by atoms with Crippen molar-refractivity contribution in [2.75, 3.05) is 12.5 Å². The number of hydrogen-bond donors (Lipinski definition) is 0. The minimum Gasteiger partial charge on any atom is -0.773 e. The fourth-order valence-electron chi connectivity index (χ4n) is 5.51. The van der Waals surface area contributed by atoms with Crippen molar-refractivity contribution in [3.63, 3.8) is 0 Å². The summed E-state index contributed by atoms with van der Waals surface area (Å²) in [5.41, 5.74) is 4.90. The van der Waals surface area contributed by atoms with Crippen LogP contribution >= 0.6 is 34.8 Å². The number of rotatable bonds is 3. The smallest absolute Gasteiger partial charge is 0.773 e. The Kier molecular flexibility index (Phi) is 11.7. The average molecular weight is 786 g/mol. The van der Waals surface area contributed by atoms with Crippen LogP contribution in [0.1, 0.15) is 11.6 Å². The van der Waals surface area contributed by atoms with Gasteiger partial charge in [-0.1, -0.05) is 46.4 Å². The summed E-state index contributed by atoms with van der Waals surface area (Å²) in [4.78, 5) is 17.5. The first-order chi connectivity index (χ1) is 23.3. The summed E-state index contributed by atoms with van der Waals surface area (Å²) in [5, 5.41) is 1.55. The predicted molar refractivity (Wildman–Crippen MR) is 189 cm³/mol. The molecule has 6 aromatic heterocycles. The largest absolute Gasteiger partial charge is 1.00 e. The molecule has 0 aliphatic rings. The van der Waals surface area contributed by atoms with Gasteiger partial charge in [0, 0.05) is 17.0 Å². The normalized spacial score (nSPS) is 12.2. The molecule has 0 saturated carbocycles. The van der Waals surface area contributed by atoms with E-state index in [9.17, 15) is 17.2 Å². The second-order valence-corrected chi connectivity index (χ2v) is 14.7. The van der Waals surface area contributed by atoms with E-state index in [1.54, 1.807) is 59.0 Å². The first-order valence-corrected chi connectivity index (χ1v) is 18.9. The molecule has 0 aliphatic carbocycles. The molecule has 0 aliphatic heterocycles. The molecule has 0 radical (unpaired) electrons. The number of alkyl halides is 1. The van der Waals surface area contributed by atoms with Crippen LogP contribution in [-0.4, -0.2) is 58.4 Å². The maximum absolute atomic E-state index is 14.2. The number of sulfone groups is 1. The van der Waals surface area contributed by atoms with Crippen LogP contribution in [0, 0.1) is 11.6 Å². The number of benzene rings is 2. The molecule has 252 valence electrons. The Morgan fingerprint density at radius 3 is 1.58 bits per heavy atom. The zero-order valence-corrected chi connectivity index (χ0v) is 32.3. The SMILES string of the molecule is CS(=O)(=O)Cc1nc2ccc(Cl)nc2c2cc3c(F)cccc3n12.CS(=O)[O-].Fc1cccc2c1cc1c3nc(Cl)ccc3nc(CCl)n21.[Na+]. The third-order valence-corrected chi connectivity index (χ3v) is 8.72. The first-order valence-electron chi connectivity index (χ1n) is 14.1. The maximum atomic E-state index is 14.2. The van der Waals surface area contributed by atoms with Gasteiger partial charge in [0.1, 0.15) is 50.4 Å². The van der Waals surface area contributed by atoms with Gasteiger partial charge in [0.2, 0.25) is 0 Å². The molecule has 0 N–H and O–H groups in total. The summed E-state index contributed by atoms with van der Waals surface area (Å²) in [6.07, 6.45) is 2.22. The van der Waals surface area contributed by atoms with Crippen LogP contribution in [0.15, 0.2) is 72.8 Å². The van der Waals surface area contributed by atoms with Crippen molar-refractivity contribution in [2.24, 2.45) is 0 Å². The summed E-state index contributed by atoms with van der Waals surface area (Å²) in [6.45, 7) is 0. The van der Waals surface area contributed by atoms with Crippen LogP contribution in [0.25, 0.3) is 54.9 Å². The van der Waals surface area contributed by atoms with Gasteiger partial charge in [-0.05, 0) is 66.9 Å². The molecule has 18 heteroatoms. The van der Waals surface area contributed by atoms with Gasteiger partial charge >= 0.3 is 29.6 Å². The summed E-state index contributed by atoms with van der Waals surface area (Å²) in [7, 11) is -3.33. The van der Waals surface area contributed by atoms with Crippen molar-refractivity contribution in [3.05, 3.63) is 106 Å². The molecular formula is C32H22Cl3F2N6NaO4S2. The topological polar surface area (TPSA) is 135 Å². The van der Waals surface area contributed by atoms with Crippen LogP contribution in [0.4, 0.5) is 8.78 Å². The summed E-state index contributed by atoms with van der Waals surface area (Å²) < 4.78 is 73.3. The number of aromatic nitrogens is 6. The van der Waals surface area contributed by atoms with Gasteiger partial charge in [0.05, 0.1) is 39.0 Å². The van der Waals surface area contributed by atoms with Crippen LogP contribution in [0.3, 0.4) is 0 Å². The minimum atomic E-state index is -3.33. The minimum absolute atomic E-state index is 0. The summed E-state index contributed by atoms with van der Waals surface area (Å²) in [6, 6.07) is 19.7. The average Bonchev–Trinajstić information content (AvgIpc) is 3.63. The molecule has 0 spiro atoms. The Balaban J connectivity index is 0.000000174. The van der Waals surface area contributed by atoms with Crippen molar-refractivity contribution in [1.82, 2.24) is 28.7 Å². The number of halogens is 5. The molecule has 50 heavy (non-hydrogen) atoms. The fraction of sp³-hybridized carbons (Fsp3) is 0.125. The molecule has 0 amide bonds. The van der Waals surface area contributed by atoms with E-state index >= 15 is 0 Å². The molecule has 6 heterocycles. The third kappa shape index (κ3) is 7.73. The molecule has 1 atom stereocenters. The van der Waals surface area contributed by atoms with Crippen LogP contribution in [0.2, 0.25) is 10.3 Å². The Bertz CT molecular complexity index is 2730. The number of pyridine rings is 2. The molecule has 0 saturated heterocycles. The zero-order valence-electron chi connectivity index (χ0n) is 26.4. The summed E-state index contributed by atoms with van der Waals surface area (Å²) in [5.74, 6) is 0.231. The molecule has 0 bridgehead atoms. The van der Waals surface area contributed by atoms with Crippen molar-refractivity contribution < 1.29 is 55.5 Å². The summed E-state index contributed by atoms with van der Waals surface area (Å²) >= 11 is 16.1. The van der Waals surface area contributed by atoms with Gasteiger partial charge < -0.3 is 4.55 Å². The van der Waals surface area contributed by atoms with Gasteiger partial charge in [-0.2, -0.15) is 0 Å². The van der Waals surface area contributed by atoms with E-state index in [4.69, 9.17) is 43.6 Å². The second-order valence-electron chi connectivity index (χ2n) is 10.7. The Labute approximate surface area is 322 Å². The monoisotopic (exact) mass is 784 g/mol. The van der Waals surface area contributed by atoms with Gasteiger partial charge in [-0.3, -0.25) is 13.0 Å².